The van der Waals surface area contributed by atoms with Crippen LogP contribution in [-0.2, 0) is 12.4 Å². The van der Waals surface area contributed by atoms with E-state index in [0.717, 1.165) is 16.6 Å². The summed E-state index contributed by atoms with van der Waals surface area (Å²) in [4.78, 5) is 4.45. The highest BCUT2D eigenvalue weighted by atomic mass is 35.5. The van der Waals surface area contributed by atoms with Crippen LogP contribution in [0, 0.1) is 5.82 Å². The first kappa shape index (κ1) is 14.6. The largest absolute Gasteiger partial charge is 0.322 e. The Bertz CT molecular complexity index is 814. The maximum atomic E-state index is 13.3. The van der Waals surface area contributed by atoms with E-state index < -0.39 is 0 Å². The molecule has 6 heteroatoms. The van der Waals surface area contributed by atoms with Crippen LogP contribution in [0.15, 0.2) is 36.4 Å². The van der Waals surface area contributed by atoms with Gasteiger partial charge in [0.15, 0.2) is 0 Å². The summed E-state index contributed by atoms with van der Waals surface area (Å²) >= 11 is 18.0. The van der Waals surface area contributed by atoms with Crippen molar-refractivity contribution in [3.05, 3.63) is 63.6 Å². The molecule has 2 nitrogen and oxygen atoms in total. The summed E-state index contributed by atoms with van der Waals surface area (Å²) in [5, 5.41) is 0.895. The van der Waals surface area contributed by atoms with Crippen molar-refractivity contribution in [1.82, 2.24) is 9.55 Å². The standard InChI is InChI=1S/C15H10Cl3FN2/c16-7-15-20-13-5-11(17)12(18)6-14(13)21(15)8-9-2-1-3-10(19)4-9/h1-6H,7-8H2. The van der Waals surface area contributed by atoms with Crippen molar-refractivity contribution < 1.29 is 4.39 Å². The Hall–Kier alpha value is -1.29. The quantitative estimate of drug-likeness (QED) is 0.592. The van der Waals surface area contributed by atoms with E-state index in [0.29, 0.717) is 22.4 Å². The summed E-state index contributed by atoms with van der Waals surface area (Å²) < 4.78 is 15.2. The number of hydrogen-bond donors (Lipinski definition) is 0. The number of hydrogen-bond acceptors (Lipinski definition) is 1. The maximum absolute atomic E-state index is 13.3. The van der Waals surface area contributed by atoms with Gasteiger partial charge in [-0.3, -0.25) is 0 Å². The van der Waals surface area contributed by atoms with E-state index >= 15 is 0 Å². The van der Waals surface area contributed by atoms with Gasteiger partial charge in [-0.1, -0.05) is 35.3 Å². The van der Waals surface area contributed by atoms with Crippen LogP contribution in [0.3, 0.4) is 0 Å². The number of halogens is 4. The van der Waals surface area contributed by atoms with Crippen LogP contribution < -0.4 is 0 Å². The number of alkyl halides is 1. The number of fused-ring (bicyclic) bond motifs is 1. The minimum absolute atomic E-state index is 0.249. The van der Waals surface area contributed by atoms with E-state index in [1.807, 2.05) is 10.6 Å². The average Bonchev–Trinajstić information content (AvgIpc) is 2.77. The molecule has 3 aromatic rings. The van der Waals surface area contributed by atoms with Crippen molar-refractivity contribution in [2.75, 3.05) is 0 Å². The van der Waals surface area contributed by atoms with Crippen molar-refractivity contribution in [2.24, 2.45) is 0 Å². The molecule has 21 heavy (non-hydrogen) atoms. The zero-order valence-electron chi connectivity index (χ0n) is 10.8. The number of aromatic nitrogens is 2. The van der Waals surface area contributed by atoms with E-state index in [1.54, 1.807) is 18.2 Å². The lowest BCUT2D eigenvalue weighted by Crippen LogP contribution is -2.04. The summed E-state index contributed by atoms with van der Waals surface area (Å²) in [6.07, 6.45) is 0. The zero-order valence-corrected chi connectivity index (χ0v) is 13.1. The third-order valence-electron chi connectivity index (χ3n) is 3.22. The number of benzene rings is 2. The van der Waals surface area contributed by atoms with Gasteiger partial charge in [0.05, 0.1) is 27.0 Å². The minimum Gasteiger partial charge on any atom is -0.322 e. The van der Waals surface area contributed by atoms with Crippen LogP contribution >= 0.6 is 34.8 Å². The minimum atomic E-state index is -0.273. The van der Waals surface area contributed by atoms with E-state index in [2.05, 4.69) is 4.98 Å². The first-order chi connectivity index (χ1) is 10.1. The van der Waals surface area contributed by atoms with Gasteiger partial charge in [0.1, 0.15) is 11.6 Å². The van der Waals surface area contributed by atoms with Gasteiger partial charge in [0.2, 0.25) is 0 Å². The third-order valence-corrected chi connectivity index (χ3v) is 4.18. The van der Waals surface area contributed by atoms with Crippen LogP contribution in [0.5, 0.6) is 0 Å². The predicted molar refractivity (Wildman–Crippen MR) is 84.8 cm³/mol. The first-order valence-electron chi connectivity index (χ1n) is 6.23. The molecule has 0 fully saturated rings. The lowest BCUT2D eigenvalue weighted by Gasteiger charge is -2.08. The number of nitrogens with zero attached hydrogens (tertiary/aromatic N) is 2. The highest BCUT2D eigenvalue weighted by Gasteiger charge is 2.13. The van der Waals surface area contributed by atoms with Gasteiger partial charge in [-0.25, -0.2) is 9.37 Å². The van der Waals surface area contributed by atoms with E-state index in [4.69, 9.17) is 34.8 Å². The smallest absolute Gasteiger partial charge is 0.125 e. The second-order valence-electron chi connectivity index (χ2n) is 4.63. The molecule has 3 rings (SSSR count). The Morgan fingerprint density at radius 3 is 2.57 bits per heavy atom. The molecule has 2 aromatic carbocycles. The Morgan fingerprint density at radius 1 is 1.10 bits per heavy atom. The molecule has 0 radical (unpaired) electrons. The molecule has 0 spiro atoms. The van der Waals surface area contributed by atoms with Crippen LogP contribution in [0.2, 0.25) is 10.0 Å². The van der Waals surface area contributed by atoms with Gasteiger partial charge in [-0.05, 0) is 29.8 Å². The molecular formula is C15H10Cl3FN2. The monoisotopic (exact) mass is 342 g/mol. The van der Waals surface area contributed by atoms with Crippen molar-refractivity contribution in [3.63, 3.8) is 0 Å². The van der Waals surface area contributed by atoms with Crippen molar-refractivity contribution in [2.45, 2.75) is 12.4 Å². The van der Waals surface area contributed by atoms with E-state index in [9.17, 15) is 4.39 Å². The number of imidazole rings is 1. The molecular weight excluding hydrogens is 334 g/mol. The average molecular weight is 344 g/mol. The van der Waals surface area contributed by atoms with Crippen molar-refractivity contribution in [3.8, 4) is 0 Å². The molecule has 0 aliphatic rings. The van der Waals surface area contributed by atoms with Crippen molar-refractivity contribution in [1.29, 1.82) is 0 Å². The van der Waals surface area contributed by atoms with Crippen LogP contribution in [0.25, 0.3) is 11.0 Å². The summed E-state index contributed by atoms with van der Waals surface area (Å²) in [6.45, 7) is 0.467. The summed E-state index contributed by atoms with van der Waals surface area (Å²) in [5.41, 5.74) is 2.37. The van der Waals surface area contributed by atoms with Crippen LogP contribution in [-0.4, -0.2) is 9.55 Å². The van der Waals surface area contributed by atoms with Gasteiger partial charge in [0, 0.05) is 6.54 Å². The van der Waals surface area contributed by atoms with Gasteiger partial charge in [-0.15, -0.1) is 11.6 Å². The molecule has 1 heterocycles. The molecule has 0 N–H and O–H groups in total. The SMILES string of the molecule is Fc1cccc(Cn2c(CCl)nc3cc(Cl)c(Cl)cc32)c1. The van der Waals surface area contributed by atoms with Crippen molar-refractivity contribution >= 4 is 45.8 Å². The van der Waals surface area contributed by atoms with Gasteiger partial charge in [-0.2, -0.15) is 0 Å². The lowest BCUT2D eigenvalue weighted by atomic mass is 10.2. The molecule has 0 bridgehead atoms. The molecule has 0 saturated heterocycles. The van der Waals surface area contributed by atoms with Crippen LogP contribution in [0.4, 0.5) is 4.39 Å². The first-order valence-corrected chi connectivity index (χ1v) is 7.52. The van der Waals surface area contributed by atoms with E-state index in [1.165, 1.54) is 12.1 Å². The van der Waals surface area contributed by atoms with Gasteiger partial charge in [0.25, 0.3) is 0 Å². The Morgan fingerprint density at radius 2 is 1.86 bits per heavy atom. The van der Waals surface area contributed by atoms with E-state index in [-0.39, 0.29) is 11.7 Å². The topological polar surface area (TPSA) is 17.8 Å². The third kappa shape index (κ3) is 2.86. The van der Waals surface area contributed by atoms with Crippen LogP contribution in [0.1, 0.15) is 11.4 Å². The lowest BCUT2D eigenvalue weighted by molar-refractivity contribution is 0.623. The highest BCUT2D eigenvalue weighted by molar-refractivity contribution is 6.42. The molecule has 0 unspecified atom stereocenters. The highest BCUT2D eigenvalue weighted by Crippen LogP contribution is 2.29. The molecule has 0 atom stereocenters. The summed E-state index contributed by atoms with van der Waals surface area (Å²) in [5.74, 6) is 0.666. The molecule has 0 amide bonds. The second kappa shape index (κ2) is 5.84. The summed E-state index contributed by atoms with van der Waals surface area (Å²) in [7, 11) is 0. The zero-order chi connectivity index (χ0) is 15.0. The Balaban J connectivity index is 2.14. The fraction of sp³-hybridized carbons (Fsp3) is 0.133. The van der Waals surface area contributed by atoms with Gasteiger partial charge >= 0.3 is 0 Å². The molecule has 0 aliphatic carbocycles. The molecule has 1 aromatic heterocycles. The Labute approximate surface area is 136 Å². The normalized spacial score (nSPS) is 11.2. The van der Waals surface area contributed by atoms with Gasteiger partial charge < -0.3 is 4.57 Å². The fourth-order valence-electron chi connectivity index (χ4n) is 2.27. The Kier molecular flexibility index (Phi) is 4.07. The number of rotatable bonds is 3. The summed E-state index contributed by atoms with van der Waals surface area (Å²) in [6, 6.07) is 9.88. The maximum Gasteiger partial charge on any atom is 0.125 e. The molecule has 0 saturated carbocycles. The second-order valence-corrected chi connectivity index (χ2v) is 5.71. The molecule has 0 aliphatic heterocycles. The predicted octanol–water partition coefficient (Wildman–Crippen LogP) is 5.27. The fourth-order valence-corrected chi connectivity index (χ4v) is 2.79. The molecule has 108 valence electrons.